The van der Waals surface area contributed by atoms with Crippen LogP contribution in [0, 0.1) is 6.92 Å². The number of hydrogen-bond donors (Lipinski definition) is 1. The molecule has 0 radical (unpaired) electrons. The maximum absolute atomic E-state index is 11.3. The Bertz CT molecular complexity index is 775. The summed E-state index contributed by atoms with van der Waals surface area (Å²) in [6, 6.07) is 11.9. The summed E-state index contributed by atoms with van der Waals surface area (Å²) in [6.07, 6.45) is 3.55. The van der Waals surface area contributed by atoms with E-state index in [9.17, 15) is 4.79 Å². The molecule has 0 bridgehead atoms. The molecule has 2 heterocycles. The second-order valence-electron chi connectivity index (χ2n) is 4.32. The zero-order valence-corrected chi connectivity index (χ0v) is 9.97. The Labute approximate surface area is 104 Å². The first-order valence-electron chi connectivity index (χ1n) is 5.78. The number of rotatable bonds is 1. The van der Waals surface area contributed by atoms with Gasteiger partial charge in [-0.1, -0.05) is 18.2 Å². The van der Waals surface area contributed by atoms with Crippen LogP contribution < -0.4 is 5.56 Å². The second kappa shape index (κ2) is 4.11. The van der Waals surface area contributed by atoms with Crippen LogP contribution in [-0.2, 0) is 0 Å². The molecule has 3 aromatic rings. The number of H-pyrrole nitrogens is 1. The van der Waals surface area contributed by atoms with Gasteiger partial charge in [-0.3, -0.25) is 9.78 Å². The fraction of sp³-hybridized carbons (Fsp3) is 0.0667. The van der Waals surface area contributed by atoms with Crippen molar-refractivity contribution in [3.8, 4) is 11.1 Å². The average Bonchev–Trinajstić information content (AvgIpc) is 2.41. The van der Waals surface area contributed by atoms with Crippen molar-refractivity contribution < 1.29 is 0 Å². The Kier molecular flexibility index (Phi) is 2.45. The number of benzene rings is 1. The molecule has 0 saturated carbocycles. The monoisotopic (exact) mass is 236 g/mol. The minimum absolute atomic E-state index is 0.0486. The lowest BCUT2D eigenvalue weighted by atomic mass is 10.1. The Hall–Kier alpha value is -2.42. The van der Waals surface area contributed by atoms with Crippen LogP contribution in [0.3, 0.4) is 0 Å². The summed E-state index contributed by atoms with van der Waals surface area (Å²) < 4.78 is 0. The van der Waals surface area contributed by atoms with Gasteiger partial charge in [0.15, 0.2) is 0 Å². The fourth-order valence-corrected chi connectivity index (χ4v) is 1.99. The molecule has 3 heteroatoms. The molecular weight excluding hydrogens is 224 g/mol. The predicted octanol–water partition coefficient (Wildman–Crippen LogP) is 2.90. The number of hydrogen-bond acceptors (Lipinski definition) is 2. The molecule has 3 rings (SSSR count). The van der Waals surface area contributed by atoms with Crippen LogP contribution in [0.4, 0.5) is 0 Å². The lowest BCUT2D eigenvalue weighted by Gasteiger charge is -2.04. The quantitative estimate of drug-likeness (QED) is 0.706. The topological polar surface area (TPSA) is 45.8 Å². The number of nitrogens with zero attached hydrogens (tertiary/aromatic N) is 1. The summed E-state index contributed by atoms with van der Waals surface area (Å²) in [5.74, 6) is 0. The summed E-state index contributed by atoms with van der Waals surface area (Å²) >= 11 is 0. The fourth-order valence-electron chi connectivity index (χ4n) is 1.99. The molecule has 3 nitrogen and oxygen atoms in total. The average molecular weight is 236 g/mol. The molecule has 0 atom stereocenters. The van der Waals surface area contributed by atoms with Crippen LogP contribution in [-0.4, -0.2) is 9.97 Å². The van der Waals surface area contributed by atoms with Crippen molar-refractivity contribution in [1.82, 2.24) is 9.97 Å². The van der Waals surface area contributed by atoms with Gasteiger partial charge >= 0.3 is 0 Å². The maximum Gasteiger partial charge on any atom is 0.250 e. The third kappa shape index (κ3) is 1.80. The normalized spacial score (nSPS) is 10.7. The Morgan fingerprint density at radius 2 is 1.94 bits per heavy atom. The van der Waals surface area contributed by atoms with Gasteiger partial charge in [0.05, 0.1) is 5.52 Å². The van der Waals surface area contributed by atoms with E-state index in [0.717, 1.165) is 22.0 Å². The van der Waals surface area contributed by atoms with Crippen molar-refractivity contribution in [2.45, 2.75) is 6.92 Å². The highest BCUT2D eigenvalue weighted by molar-refractivity contribution is 5.83. The first-order valence-corrected chi connectivity index (χ1v) is 5.78. The van der Waals surface area contributed by atoms with E-state index in [1.54, 1.807) is 13.1 Å². The van der Waals surface area contributed by atoms with E-state index in [4.69, 9.17) is 0 Å². The van der Waals surface area contributed by atoms with Gasteiger partial charge < -0.3 is 4.98 Å². The number of aromatic nitrogens is 2. The first-order chi connectivity index (χ1) is 8.74. The third-order valence-electron chi connectivity index (χ3n) is 3.01. The highest BCUT2D eigenvalue weighted by Crippen LogP contribution is 2.21. The molecule has 1 aromatic carbocycles. The standard InChI is InChI=1S/C15H12N2O/c1-10-6-12(9-17-15(10)18)13-7-11-4-2-3-5-14(11)16-8-13/h2-9H,1H3,(H,17,18). The molecule has 0 aliphatic carbocycles. The molecular formula is C15H12N2O. The van der Waals surface area contributed by atoms with E-state index < -0.39 is 0 Å². The molecule has 88 valence electrons. The molecule has 2 aromatic heterocycles. The number of aryl methyl sites for hydroxylation is 1. The molecule has 0 aliphatic rings. The molecule has 0 unspecified atom stereocenters. The van der Waals surface area contributed by atoms with E-state index in [1.165, 1.54) is 0 Å². The van der Waals surface area contributed by atoms with Crippen molar-refractivity contribution in [1.29, 1.82) is 0 Å². The van der Waals surface area contributed by atoms with Crippen molar-refractivity contribution in [3.63, 3.8) is 0 Å². The maximum atomic E-state index is 11.3. The smallest absolute Gasteiger partial charge is 0.250 e. The summed E-state index contributed by atoms with van der Waals surface area (Å²) in [5, 5.41) is 1.10. The molecule has 1 N–H and O–H groups in total. The van der Waals surface area contributed by atoms with E-state index in [-0.39, 0.29) is 5.56 Å². The van der Waals surface area contributed by atoms with Gasteiger partial charge in [-0.05, 0) is 30.7 Å². The summed E-state index contributed by atoms with van der Waals surface area (Å²) in [4.78, 5) is 18.5. The van der Waals surface area contributed by atoms with E-state index >= 15 is 0 Å². The summed E-state index contributed by atoms with van der Waals surface area (Å²) in [7, 11) is 0. The predicted molar refractivity (Wildman–Crippen MR) is 72.5 cm³/mol. The van der Waals surface area contributed by atoms with Gasteiger partial charge in [0.2, 0.25) is 0 Å². The van der Waals surface area contributed by atoms with Crippen LogP contribution >= 0.6 is 0 Å². The van der Waals surface area contributed by atoms with Crippen molar-refractivity contribution >= 4 is 10.9 Å². The SMILES string of the molecule is Cc1cc(-c2cnc3ccccc3c2)c[nH]c1=O. The van der Waals surface area contributed by atoms with Gasteiger partial charge in [0.1, 0.15) is 0 Å². The van der Waals surface area contributed by atoms with Gasteiger partial charge in [-0.15, -0.1) is 0 Å². The van der Waals surface area contributed by atoms with E-state index in [1.807, 2.05) is 36.5 Å². The number of aromatic amines is 1. The Balaban J connectivity index is 2.19. The summed E-state index contributed by atoms with van der Waals surface area (Å²) in [5.41, 5.74) is 3.62. The molecule has 0 aliphatic heterocycles. The summed E-state index contributed by atoms with van der Waals surface area (Å²) in [6.45, 7) is 1.80. The van der Waals surface area contributed by atoms with E-state index in [2.05, 4.69) is 16.0 Å². The van der Waals surface area contributed by atoms with Crippen LogP contribution in [0.2, 0.25) is 0 Å². The van der Waals surface area contributed by atoms with Crippen LogP contribution in [0.1, 0.15) is 5.56 Å². The zero-order valence-electron chi connectivity index (χ0n) is 9.97. The molecule has 0 fully saturated rings. The lowest BCUT2D eigenvalue weighted by molar-refractivity contribution is 1.18. The van der Waals surface area contributed by atoms with Crippen LogP contribution in [0.15, 0.2) is 53.6 Å². The molecule has 0 spiro atoms. The largest absolute Gasteiger partial charge is 0.328 e. The first kappa shape index (κ1) is 10.7. The second-order valence-corrected chi connectivity index (χ2v) is 4.32. The number of nitrogens with one attached hydrogen (secondary N) is 1. The zero-order chi connectivity index (χ0) is 12.5. The van der Waals surface area contributed by atoms with Crippen LogP contribution in [0.5, 0.6) is 0 Å². The van der Waals surface area contributed by atoms with Gasteiger partial charge in [0, 0.05) is 28.9 Å². The molecule has 0 saturated heterocycles. The Morgan fingerprint density at radius 1 is 1.11 bits per heavy atom. The highest BCUT2D eigenvalue weighted by atomic mass is 16.1. The molecule has 0 amide bonds. The van der Waals surface area contributed by atoms with Crippen molar-refractivity contribution in [2.75, 3.05) is 0 Å². The highest BCUT2D eigenvalue weighted by Gasteiger charge is 2.02. The van der Waals surface area contributed by atoms with Gasteiger partial charge in [-0.25, -0.2) is 0 Å². The minimum atomic E-state index is -0.0486. The number of para-hydroxylation sites is 1. The van der Waals surface area contributed by atoms with Gasteiger partial charge in [0.25, 0.3) is 5.56 Å². The third-order valence-corrected chi connectivity index (χ3v) is 3.01. The van der Waals surface area contributed by atoms with Crippen molar-refractivity contribution in [3.05, 3.63) is 64.7 Å². The Morgan fingerprint density at radius 3 is 2.78 bits per heavy atom. The minimum Gasteiger partial charge on any atom is -0.328 e. The number of pyridine rings is 2. The van der Waals surface area contributed by atoms with Crippen LogP contribution in [0.25, 0.3) is 22.0 Å². The van der Waals surface area contributed by atoms with Gasteiger partial charge in [-0.2, -0.15) is 0 Å². The van der Waals surface area contributed by atoms with E-state index in [0.29, 0.717) is 5.56 Å². The number of fused-ring (bicyclic) bond motifs is 1. The van der Waals surface area contributed by atoms with Crippen molar-refractivity contribution in [2.24, 2.45) is 0 Å². The lowest BCUT2D eigenvalue weighted by Crippen LogP contribution is -2.07. The molecule has 18 heavy (non-hydrogen) atoms.